The Kier molecular flexibility index (Phi) is 4.10. The van der Waals surface area contributed by atoms with Crippen LogP contribution in [0.1, 0.15) is 11.1 Å². The number of sulfone groups is 1. The lowest BCUT2D eigenvalue weighted by Crippen LogP contribution is -2.00. The molecule has 0 unspecified atom stereocenters. The maximum atomic E-state index is 12.3. The summed E-state index contributed by atoms with van der Waals surface area (Å²) in [4.78, 5) is 5.84. The molecule has 0 amide bonds. The lowest BCUT2D eigenvalue weighted by atomic mass is 10.0. The molecule has 7 heteroatoms. The van der Waals surface area contributed by atoms with Crippen molar-refractivity contribution in [3.63, 3.8) is 0 Å². The van der Waals surface area contributed by atoms with E-state index in [-0.39, 0.29) is 5.75 Å². The third kappa shape index (κ3) is 2.71. The van der Waals surface area contributed by atoms with E-state index in [1.165, 1.54) is 6.20 Å². The average molecular weight is 381 g/mol. The third-order valence-corrected chi connectivity index (χ3v) is 7.07. The second-order valence-electron chi connectivity index (χ2n) is 6.02. The summed E-state index contributed by atoms with van der Waals surface area (Å²) >= 11 is 1.65. The number of fused-ring (bicyclic) bond motifs is 3. The predicted molar refractivity (Wildman–Crippen MR) is 104 cm³/mol. The van der Waals surface area contributed by atoms with E-state index in [1.807, 2.05) is 30.5 Å². The highest BCUT2D eigenvalue weighted by Crippen LogP contribution is 2.38. The SMILES string of the molecule is CSc1ccc(Nc2c(C#N)cnc3ccc4c(c23)CCS4(=O)=O)cc1. The highest BCUT2D eigenvalue weighted by molar-refractivity contribution is 7.98. The average Bonchev–Trinajstić information content (AvgIpc) is 2.97. The van der Waals surface area contributed by atoms with Crippen molar-refractivity contribution in [2.45, 2.75) is 16.2 Å². The normalized spacial score (nSPS) is 14.8. The summed E-state index contributed by atoms with van der Waals surface area (Å²) in [6, 6.07) is 13.4. The van der Waals surface area contributed by atoms with E-state index in [4.69, 9.17) is 0 Å². The van der Waals surface area contributed by atoms with Gasteiger partial charge < -0.3 is 5.32 Å². The van der Waals surface area contributed by atoms with Crippen molar-refractivity contribution in [3.05, 3.63) is 53.7 Å². The number of nitrogens with zero attached hydrogens (tertiary/aromatic N) is 2. The number of aryl methyl sites for hydroxylation is 1. The van der Waals surface area contributed by atoms with Gasteiger partial charge in [0.1, 0.15) is 6.07 Å². The Morgan fingerprint density at radius 1 is 1.19 bits per heavy atom. The van der Waals surface area contributed by atoms with Gasteiger partial charge in [-0.25, -0.2) is 8.42 Å². The fraction of sp³-hybridized carbons (Fsp3) is 0.158. The lowest BCUT2D eigenvalue weighted by molar-refractivity contribution is 0.600. The van der Waals surface area contributed by atoms with Gasteiger partial charge in [0.15, 0.2) is 9.84 Å². The monoisotopic (exact) mass is 381 g/mol. The largest absolute Gasteiger partial charge is 0.354 e. The Morgan fingerprint density at radius 3 is 2.65 bits per heavy atom. The summed E-state index contributed by atoms with van der Waals surface area (Å²) in [7, 11) is -3.26. The minimum absolute atomic E-state index is 0.0973. The molecule has 0 spiro atoms. The molecule has 4 rings (SSSR count). The first-order valence-electron chi connectivity index (χ1n) is 8.02. The molecule has 26 heavy (non-hydrogen) atoms. The molecule has 0 radical (unpaired) electrons. The van der Waals surface area contributed by atoms with Crippen LogP contribution < -0.4 is 5.32 Å². The summed E-state index contributed by atoms with van der Waals surface area (Å²) in [5.74, 6) is 0.0973. The molecule has 2 aromatic carbocycles. The molecular weight excluding hydrogens is 366 g/mol. The number of anilines is 2. The standard InChI is InChI=1S/C19H15N3O2S2/c1-25-14-4-2-13(3-5-14)22-19-12(10-20)11-21-16-6-7-17-15(18(16)19)8-9-26(17,23)24/h2-7,11H,8-9H2,1H3,(H,21,22). The Morgan fingerprint density at radius 2 is 1.96 bits per heavy atom. The minimum Gasteiger partial charge on any atom is -0.354 e. The fourth-order valence-electron chi connectivity index (χ4n) is 3.26. The first-order chi connectivity index (χ1) is 12.5. The van der Waals surface area contributed by atoms with Gasteiger partial charge in [0.2, 0.25) is 0 Å². The van der Waals surface area contributed by atoms with Gasteiger partial charge in [-0.05, 0) is 54.6 Å². The van der Waals surface area contributed by atoms with Crippen molar-refractivity contribution in [1.82, 2.24) is 4.98 Å². The quantitative estimate of drug-likeness (QED) is 0.693. The molecule has 5 nitrogen and oxygen atoms in total. The maximum absolute atomic E-state index is 12.3. The number of thioether (sulfide) groups is 1. The van der Waals surface area contributed by atoms with Gasteiger partial charge in [-0.2, -0.15) is 5.26 Å². The Bertz CT molecular complexity index is 1160. The molecule has 1 aromatic heterocycles. The highest BCUT2D eigenvalue weighted by atomic mass is 32.2. The van der Waals surface area contributed by atoms with Gasteiger partial charge >= 0.3 is 0 Å². The van der Waals surface area contributed by atoms with Gasteiger partial charge in [-0.1, -0.05) is 0 Å². The number of hydrogen-bond acceptors (Lipinski definition) is 6. The second kappa shape index (κ2) is 6.31. The number of hydrogen-bond donors (Lipinski definition) is 1. The van der Waals surface area contributed by atoms with Crippen LogP contribution in [0.4, 0.5) is 11.4 Å². The van der Waals surface area contributed by atoms with E-state index < -0.39 is 9.84 Å². The molecule has 0 saturated carbocycles. The molecule has 0 bridgehead atoms. The van der Waals surface area contributed by atoms with Crippen molar-refractivity contribution in [2.75, 3.05) is 17.3 Å². The Balaban J connectivity index is 1.94. The molecular formula is C19H15N3O2S2. The van der Waals surface area contributed by atoms with Crippen LogP contribution >= 0.6 is 11.8 Å². The number of nitriles is 1. The van der Waals surface area contributed by atoms with Crippen LogP contribution in [-0.4, -0.2) is 25.4 Å². The Labute approximate surface area is 156 Å². The fourth-order valence-corrected chi connectivity index (χ4v) is 5.21. The van der Waals surface area contributed by atoms with Crippen molar-refractivity contribution < 1.29 is 8.42 Å². The molecule has 0 fully saturated rings. The predicted octanol–water partition coefficient (Wildman–Crippen LogP) is 3.90. The zero-order chi connectivity index (χ0) is 18.3. The number of pyridine rings is 1. The van der Waals surface area contributed by atoms with Gasteiger partial charge in [-0.15, -0.1) is 11.8 Å². The summed E-state index contributed by atoms with van der Waals surface area (Å²) in [6.45, 7) is 0. The van der Waals surface area contributed by atoms with Crippen LogP contribution in [-0.2, 0) is 16.3 Å². The minimum atomic E-state index is -3.26. The first kappa shape index (κ1) is 16.9. The van der Waals surface area contributed by atoms with E-state index in [0.717, 1.165) is 21.5 Å². The molecule has 1 aliphatic heterocycles. The lowest BCUT2D eigenvalue weighted by Gasteiger charge is -2.14. The van der Waals surface area contributed by atoms with Crippen LogP contribution in [0.25, 0.3) is 10.9 Å². The van der Waals surface area contributed by atoms with Crippen molar-refractivity contribution in [3.8, 4) is 6.07 Å². The van der Waals surface area contributed by atoms with E-state index in [0.29, 0.717) is 28.1 Å². The summed E-state index contributed by atoms with van der Waals surface area (Å²) in [5, 5.41) is 13.6. The van der Waals surface area contributed by atoms with Crippen molar-refractivity contribution in [1.29, 1.82) is 5.26 Å². The van der Waals surface area contributed by atoms with Crippen molar-refractivity contribution in [2.24, 2.45) is 0 Å². The smallest absolute Gasteiger partial charge is 0.179 e. The molecule has 0 aliphatic carbocycles. The number of aromatic nitrogens is 1. The highest BCUT2D eigenvalue weighted by Gasteiger charge is 2.29. The molecule has 1 aliphatic rings. The van der Waals surface area contributed by atoms with Crippen LogP contribution in [0.2, 0.25) is 0 Å². The van der Waals surface area contributed by atoms with Gasteiger partial charge in [0.05, 0.1) is 27.4 Å². The van der Waals surface area contributed by atoms with Gasteiger partial charge in [0.25, 0.3) is 0 Å². The topological polar surface area (TPSA) is 82.8 Å². The van der Waals surface area contributed by atoms with Gasteiger partial charge in [0, 0.05) is 22.2 Å². The number of benzene rings is 2. The maximum Gasteiger partial charge on any atom is 0.179 e. The Hall–Kier alpha value is -2.56. The molecule has 0 saturated heterocycles. The van der Waals surface area contributed by atoms with Crippen LogP contribution in [0.3, 0.4) is 0 Å². The van der Waals surface area contributed by atoms with Crippen LogP contribution in [0.5, 0.6) is 0 Å². The van der Waals surface area contributed by atoms with Gasteiger partial charge in [-0.3, -0.25) is 4.98 Å². The zero-order valence-corrected chi connectivity index (χ0v) is 15.6. The summed E-state index contributed by atoms with van der Waals surface area (Å²) in [5.41, 5.74) is 3.27. The zero-order valence-electron chi connectivity index (χ0n) is 14.0. The molecule has 0 atom stereocenters. The number of nitrogens with one attached hydrogen (secondary N) is 1. The number of rotatable bonds is 3. The van der Waals surface area contributed by atoms with Crippen LogP contribution in [0, 0.1) is 11.3 Å². The van der Waals surface area contributed by atoms with E-state index in [2.05, 4.69) is 16.4 Å². The molecule has 2 heterocycles. The first-order valence-corrected chi connectivity index (χ1v) is 10.9. The summed E-state index contributed by atoms with van der Waals surface area (Å²) < 4.78 is 24.6. The van der Waals surface area contributed by atoms with E-state index in [1.54, 1.807) is 23.9 Å². The van der Waals surface area contributed by atoms with E-state index in [9.17, 15) is 13.7 Å². The molecule has 3 aromatic rings. The molecule has 1 N–H and O–H groups in total. The van der Waals surface area contributed by atoms with E-state index >= 15 is 0 Å². The summed E-state index contributed by atoms with van der Waals surface area (Å²) in [6.07, 6.45) is 3.97. The second-order valence-corrected chi connectivity index (χ2v) is 8.97. The molecule has 130 valence electrons. The van der Waals surface area contributed by atoms with Crippen LogP contribution in [0.15, 0.2) is 52.4 Å². The third-order valence-electron chi connectivity index (χ3n) is 4.54. The van der Waals surface area contributed by atoms with Crippen molar-refractivity contribution >= 4 is 43.9 Å².